The summed E-state index contributed by atoms with van der Waals surface area (Å²) in [5.74, 6) is 1.28. The normalized spacial score (nSPS) is 11.0. The number of sulfonamides is 1. The maximum Gasteiger partial charge on any atom is 0.263 e. The van der Waals surface area contributed by atoms with Gasteiger partial charge in [-0.2, -0.15) is 0 Å². The number of ether oxygens (including phenoxy) is 1. The van der Waals surface area contributed by atoms with Crippen molar-refractivity contribution in [3.8, 4) is 5.75 Å². The van der Waals surface area contributed by atoms with E-state index in [9.17, 15) is 8.42 Å². The number of rotatable bonds is 7. The third-order valence-electron chi connectivity index (χ3n) is 3.59. The highest BCUT2D eigenvalue weighted by Crippen LogP contribution is 2.18. The van der Waals surface area contributed by atoms with Crippen molar-refractivity contribution in [2.24, 2.45) is 0 Å². The Kier molecular flexibility index (Phi) is 5.33. The molecule has 2 N–H and O–H groups in total. The number of anilines is 2. The van der Waals surface area contributed by atoms with Gasteiger partial charge in [-0.05, 0) is 42.0 Å². The van der Waals surface area contributed by atoms with Gasteiger partial charge < -0.3 is 10.1 Å². The van der Waals surface area contributed by atoms with Crippen LogP contribution in [0, 0.1) is 0 Å². The Labute approximate surface area is 152 Å². The number of hydrogen-bond acceptors (Lipinski definition) is 6. The van der Waals surface area contributed by atoms with E-state index in [1.54, 1.807) is 24.3 Å². The van der Waals surface area contributed by atoms with Crippen molar-refractivity contribution in [2.75, 3.05) is 17.1 Å². The van der Waals surface area contributed by atoms with E-state index < -0.39 is 10.0 Å². The van der Waals surface area contributed by atoms with Crippen molar-refractivity contribution < 1.29 is 13.2 Å². The zero-order valence-electron chi connectivity index (χ0n) is 14.1. The van der Waals surface area contributed by atoms with Crippen molar-refractivity contribution in [1.82, 2.24) is 10.2 Å². The highest BCUT2D eigenvalue weighted by molar-refractivity contribution is 7.92. The average Bonchev–Trinajstić information content (AvgIpc) is 2.68. The fraction of sp³-hybridized carbons (Fsp3) is 0.111. The molecule has 0 unspecified atom stereocenters. The summed E-state index contributed by atoms with van der Waals surface area (Å²) < 4.78 is 32.1. The SMILES string of the molecule is COc1ccc(S(=O)(=O)Nc2ccc(NCc3ccccc3)nn2)cc1. The van der Waals surface area contributed by atoms with Gasteiger partial charge in [0, 0.05) is 6.54 Å². The van der Waals surface area contributed by atoms with Crippen LogP contribution < -0.4 is 14.8 Å². The lowest BCUT2D eigenvalue weighted by atomic mass is 10.2. The minimum absolute atomic E-state index is 0.117. The number of hydrogen-bond donors (Lipinski definition) is 2. The van der Waals surface area contributed by atoms with Crippen LogP contribution in [0.2, 0.25) is 0 Å². The molecule has 26 heavy (non-hydrogen) atoms. The molecule has 1 aromatic heterocycles. The second-order valence-corrected chi connectivity index (χ2v) is 7.11. The second kappa shape index (κ2) is 7.83. The lowest BCUT2D eigenvalue weighted by molar-refractivity contribution is 0.414. The molecule has 0 aliphatic carbocycles. The molecule has 0 saturated heterocycles. The Hall–Kier alpha value is -3.13. The summed E-state index contributed by atoms with van der Waals surface area (Å²) in [7, 11) is -2.22. The minimum atomic E-state index is -3.73. The van der Waals surface area contributed by atoms with Crippen molar-refractivity contribution >= 4 is 21.7 Å². The quantitative estimate of drug-likeness (QED) is 0.664. The first-order valence-electron chi connectivity index (χ1n) is 7.85. The van der Waals surface area contributed by atoms with Crippen molar-refractivity contribution in [3.05, 3.63) is 72.3 Å². The first-order chi connectivity index (χ1) is 12.6. The molecule has 0 atom stereocenters. The van der Waals surface area contributed by atoms with Crippen LogP contribution in [0.3, 0.4) is 0 Å². The summed E-state index contributed by atoms with van der Waals surface area (Å²) in [5.41, 5.74) is 1.11. The molecule has 134 valence electrons. The summed E-state index contributed by atoms with van der Waals surface area (Å²) >= 11 is 0. The smallest absolute Gasteiger partial charge is 0.263 e. The van der Waals surface area contributed by atoms with Crippen LogP contribution in [-0.4, -0.2) is 25.7 Å². The molecule has 0 amide bonds. The summed E-state index contributed by atoms with van der Waals surface area (Å²) in [6, 6.07) is 19.2. The molecule has 0 saturated carbocycles. The molecule has 1 heterocycles. The number of nitrogens with one attached hydrogen (secondary N) is 2. The van der Waals surface area contributed by atoms with E-state index >= 15 is 0 Å². The lowest BCUT2D eigenvalue weighted by Crippen LogP contribution is -2.14. The molecule has 2 aromatic carbocycles. The molecule has 0 fully saturated rings. The van der Waals surface area contributed by atoms with Crippen molar-refractivity contribution in [2.45, 2.75) is 11.4 Å². The topological polar surface area (TPSA) is 93.2 Å². The van der Waals surface area contributed by atoms with Crippen LogP contribution in [0.25, 0.3) is 0 Å². The zero-order valence-corrected chi connectivity index (χ0v) is 14.9. The van der Waals surface area contributed by atoms with E-state index in [1.807, 2.05) is 30.3 Å². The lowest BCUT2D eigenvalue weighted by Gasteiger charge is -2.09. The van der Waals surface area contributed by atoms with Crippen molar-refractivity contribution in [1.29, 1.82) is 0 Å². The molecule has 8 heteroatoms. The van der Waals surface area contributed by atoms with Crippen molar-refractivity contribution in [3.63, 3.8) is 0 Å². The van der Waals surface area contributed by atoms with Gasteiger partial charge in [0.1, 0.15) is 11.6 Å². The summed E-state index contributed by atoms with van der Waals surface area (Å²) in [4.78, 5) is 0.117. The predicted octanol–water partition coefficient (Wildman–Crippen LogP) is 2.90. The standard InChI is InChI=1S/C18H18N4O3S/c1-25-15-7-9-16(10-8-15)26(23,24)22-18-12-11-17(20-21-18)19-13-14-5-3-2-4-6-14/h2-12H,13H2,1H3,(H,19,20)(H,21,22). The predicted molar refractivity (Wildman–Crippen MR) is 99.6 cm³/mol. The Morgan fingerprint density at radius 1 is 0.885 bits per heavy atom. The molecule has 0 spiro atoms. The van der Waals surface area contributed by atoms with Crippen LogP contribution >= 0.6 is 0 Å². The number of nitrogens with zero attached hydrogens (tertiary/aromatic N) is 2. The Bertz CT molecular complexity index is 944. The molecule has 0 radical (unpaired) electrons. The van der Waals surface area contributed by atoms with Gasteiger partial charge in [-0.15, -0.1) is 10.2 Å². The van der Waals surface area contributed by atoms with Gasteiger partial charge in [0.25, 0.3) is 10.0 Å². The van der Waals surface area contributed by atoms with E-state index in [0.29, 0.717) is 18.1 Å². The van der Waals surface area contributed by atoms with E-state index in [2.05, 4.69) is 20.2 Å². The molecule has 0 bridgehead atoms. The minimum Gasteiger partial charge on any atom is -0.497 e. The zero-order chi connectivity index (χ0) is 18.4. The molecule has 3 rings (SSSR count). The van der Waals surface area contributed by atoms with E-state index in [4.69, 9.17) is 4.74 Å². The molecule has 0 aliphatic rings. The maximum atomic E-state index is 12.4. The largest absolute Gasteiger partial charge is 0.497 e. The first-order valence-corrected chi connectivity index (χ1v) is 9.33. The number of aromatic nitrogens is 2. The third-order valence-corrected chi connectivity index (χ3v) is 4.96. The van der Waals surface area contributed by atoms with Gasteiger partial charge in [-0.25, -0.2) is 8.42 Å². The molecule has 7 nitrogen and oxygen atoms in total. The Morgan fingerprint density at radius 2 is 1.54 bits per heavy atom. The third kappa shape index (κ3) is 4.48. The van der Waals surface area contributed by atoms with E-state index in [-0.39, 0.29) is 10.7 Å². The fourth-order valence-corrected chi connectivity index (χ4v) is 3.22. The Morgan fingerprint density at radius 3 is 2.15 bits per heavy atom. The monoisotopic (exact) mass is 370 g/mol. The summed E-state index contributed by atoms with van der Waals surface area (Å²) in [5, 5.41) is 11.0. The van der Waals surface area contributed by atoms with Gasteiger partial charge >= 0.3 is 0 Å². The van der Waals surface area contributed by atoms with Crippen LogP contribution in [-0.2, 0) is 16.6 Å². The second-order valence-electron chi connectivity index (χ2n) is 5.42. The maximum absolute atomic E-state index is 12.4. The van der Waals surface area contributed by atoms with Gasteiger partial charge in [0.15, 0.2) is 5.82 Å². The van der Waals surface area contributed by atoms with Gasteiger partial charge in [-0.3, -0.25) is 4.72 Å². The first kappa shape index (κ1) is 17.7. The summed E-state index contributed by atoms with van der Waals surface area (Å²) in [6.45, 7) is 0.604. The molecule has 0 aliphatic heterocycles. The van der Waals surface area contributed by atoms with Gasteiger partial charge in [-0.1, -0.05) is 30.3 Å². The van der Waals surface area contributed by atoms with Crippen LogP contribution in [0.15, 0.2) is 71.6 Å². The highest BCUT2D eigenvalue weighted by atomic mass is 32.2. The average molecular weight is 370 g/mol. The van der Waals surface area contributed by atoms with E-state index in [1.165, 1.54) is 19.2 Å². The number of methoxy groups -OCH3 is 1. The highest BCUT2D eigenvalue weighted by Gasteiger charge is 2.15. The molecular weight excluding hydrogens is 352 g/mol. The van der Waals surface area contributed by atoms with Gasteiger partial charge in [0.05, 0.1) is 12.0 Å². The fourth-order valence-electron chi connectivity index (χ4n) is 2.22. The van der Waals surface area contributed by atoms with Crippen LogP contribution in [0.4, 0.5) is 11.6 Å². The van der Waals surface area contributed by atoms with E-state index in [0.717, 1.165) is 5.56 Å². The number of benzene rings is 2. The molecule has 3 aromatic rings. The molecular formula is C18H18N4O3S. The summed E-state index contributed by atoms with van der Waals surface area (Å²) in [6.07, 6.45) is 0. The van der Waals surface area contributed by atoms with Gasteiger partial charge in [0.2, 0.25) is 0 Å². The van der Waals surface area contributed by atoms with Crippen LogP contribution in [0.5, 0.6) is 5.75 Å². The Balaban J connectivity index is 1.64. The van der Waals surface area contributed by atoms with Crippen LogP contribution in [0.1, 0.15) is 5.56 Å².